The molecule has 32 heavy (non-hydrogen) atoms. The zero-order valence-corrected chi connectivity index (χ0v) is 19.4. The number of benzene rings is 2. The summed E-state index contributed by atoms with van der Waals surface area (Å²) in [5.74, 6) is 0.0566. The van der Waals surface area contributed by atoms with Gasteiger partial charge in [0.15, 0.2) is 16.6 Å². The molecule has 3 rings (SSSR count). The van der Waals surface area contributed by atoms with E-state index >= 15 is 0 Å². The first-order valence-electron chi connectivity index (χ1n) is 10.0. The van der Waals surface area contributed by atoms with Crippen LogP contribution in [-0.2, 0) is 0 Å². The quantitative estimate of drug-likeness (QED) is 0.284. The molecule has 0 spiro atoms. The molecule has 1 atom stereocenters. The van der Waals surface area contributed by atoms with Crippen LogP contribution < -0.4 is 14.8 Å². The fourth-order valence-electron chi connectivity index (χ4n) is 3.54. The Balaban J connectivity index is 2.21. The topological polar surface area (TPSA) is 93.9 Å². The number of ketones is 1. The van der Waals surface area contributed by atoms with Gasteiger partial charge in [0.1, 0.15) is 0 Å². The molecule has 0 aromatic heterocycles. The number of hydrogen-bond donors (Lipinski definition) is 1. The van der Waals surface area contributed by atoms with Gasteiger partial charge in [0.05, 0.1) is 24.2 Å². The molecule has 1 aliphatic rings. The van der Waals surface area contributed by atoms with Gasteiger partial charge >= 0.3 is 5.69 Å². The zero-order valence-electron chi connectivity index (χ0n) is 18.5. The molecule has 2 aromatic carbocycles. The van der Waals surface area contributed by atoms with Crippen molar-refractivity contribution in [2.24, 2.45) is 0 Å². The number of allylic oxidation sites excluding steroid dienone is 1. The Morgan fingerprint density at radius 1 is 1.25 bits per heavy atom. The molecule has 9 heteroatoms. The molecule has 2 aromatic rings. The fourth-order valence-corrected chi connectivity index (χ4v) is 3.80. The summed E-state index contributed by atoms with van der Waals surface area (Å²) in [7, 11) is 3.18. The first-order chi connectivity index (χ1) is 15.1. The smallest absolute Gasteiger partial charge is 0.315 e. The minimum atomic E-state index is -0.702. The number of carbonyl (C=O) groups excluding carboxylic acids is 1. The number of nitro benzene ring substituents is 1. The number of nitro groups is 1. The van der Waals surface area contributed by atoms with Crippen molar-refractivity contribution < 1.29 is 19.2 Å². The van der Waals surface area contributed by atoms with Crippen LogP contribution in [0, 0.1) is 10.1 Å². The van der Waals surface area contributed by atoms with E-state index < -0.39 is 11.0 Å². The molecule has 0 radical (unpaired) electrons. The van der Waals surface area contributed by atoms with Crippen molar-refractivity contribution in [1.82, 2.24) is 10.2 Å². The molecule has 0 bridgehead atoms. The lowest BCUT2D eigenvalue weighted by Gasteiger charge is -2.36. The van der Waals surface area contributed by atoms with Crippen LogP contribution in [0.4, 0.5) is 5.69 Å². The van der Waals surface area contributed by atoms with E-state index in [1.165, 1.54) is 13.2 Å². The summed E-state index contributed by atoms with van der Waals surface area (Å²) in [6.45, 7) is 5.35. The Hall–Kier alpha value is -3.46. The molecule has 0 saturated carbocycles. The second-order valence-corrected chi connectivity index (χ2v) is 8.02. The van der Waals surface area contributed by atoms with Gasteiger partial charge in [-0.1, -0.05) is 30.3 Å². The third-order valence-electron chi connectivity index (χ3n) is 5.20. The first kappa shape index (κ1) is 23.2. The van der Waals surface area contributed by atoms with Gasteiger partial charge in [-0.15, -0.1) is 0 Å². The second kappa shape index (κ2) is 9.35. The molecular formula is C23H25N3O5S. The maximum atomic E-state index is 13.5. The third kappa shape index (κ3) is 4.43. The van der Waals surface area contributed by atoms with Crippen molar-refractivity contribution in [2.45, 2.75) is 32.9 Å². The number of ether oxygens (including phenoxy) is 2. The minimum Gasteiger partial charge on any atom is -0.493 e. The SMILES string of the molecule is COc1cc(C2NC(=S)N(C)C(C)=C2C(=O)c2ccccc2)cc([N+](=O)[O-])c1OC(C)C. The molecule has 1 aliphatic heterocycles. The number of carbonyl (C=O) groups is 1. The van der Waals surface area contributed by atoms with Crippen molar-refractivity contribution in [3.63, 3.8) is 0 Å². The number of Topliss-reactive ketones (excluding diaryl/α,β-unsaturated/α-hetero) is 1. The number of rotatable bonds is 7. The molecule has 0 aliphatic carbocycles. The maximum absolute atomic E-state index is 13.5. The van der Waals surface area contributed by atoms with Gasteiger partial charge in [-0.05, 0) is 44.6 Å². The van der Waals surface area contributed by atoms with Crippen LogP contribution in [0.3, 0.4) is 0 Å². The molecule has 0 fully saturated rings. The summed E-state index contributed by atoms with van der Waals surface area (Å²) in [6.07, 6.45) is -0.292. The van der Waals surface area contributed by atoms with Gasteiger partial charge in [-0.2, -0.15) is 0 Å². The van der Waals surface area contributed by atoms with Crippen LogP contribution in [0.15, 0.2) is 53.7 Å². The highest BCUT2D eigenvalue weighted by Gasteiger charge is 2.35. The van der Waals surface area contributed by atoms with Gasteiger partial charge < -0.3 is 19.7 Å². The Morgan fingerprint density at radius 2 is 1.91 bits per heavy atom. The highest BCUT2D eigenvalue weighted by atomic mass is 32.1. The van der Waals surface area contributed by atoms with E-state index in [1.807, 2.05) is 6.07 Å². The van der Waals surface area contributed by atoms with E-state index in [9.17, 15) is 14.9 Å². The van der Waals surface area contributed by atoms with E-state index in [1.54, 1.807) is 63.1 Å². The average molecular weight is 456 g/mol. The standard InChI is InChI=1S/C23H25N3O5S/c1-13(2)31-22-17(26(28)29)11-16(12-18(22)30-5)20-19(14(3)25(4)23(32)24-20)21(27)15-9-7-6-8-10-15/h6-13,20H,1-5H3,(H,24,32). The number of thiocarbonyl (C=S) groups is 1. The van der Waals surface area contributed by atoms with Gasteiger partial charge in [0, 0.05) is 29.9 Å². The average Bonchev–Trinajstić information content (AvgIpc) is 2.77. The Labute approximate surface area is 192 Å². The number of nitrogens with zero attached hydrogens (tertiary/aromatic N) is 2. The van der Waals surface area contributed by atoms with E-state index in [2.05, 4.69) is 5.32 Å². The highest BCUT2D eigenvalue weighted by Crippen LogP contribution is 2.43. The fraction of sp³-hybridized carbons (Fsp3) is 0.304. The lowest BCUT2D eigenvalue weighted by atomic mass is 9.89. The Morgan fingerprint density at radius 3 is 2.47 bits per heavy atom. The van der Waals surface area contributed by atoms with E-state index in [4.69, 9.17) is 21.7 Å². The number of hydrogen-bond acceptors (Lipinski definition) is 6. The maximum Gasteiger partial charge on any atom is 0.315 e. The van der Waals surface area contributed by atoms with Crippen molar-refractivity contribution >= 4 is 28.8 Å². The van der Waals surface area contributed by atoms with E-state index in [0.717, 1.165) is 0 Å². The highest BCUT2D eigenvalue weighted by molar-refractivity contribution is 7.80. The van der Waals surface area contributed by atoms with Crippen molar-refractivity contribution in [2.75, 3.05) is 14.2 Å². The zero-order chi connectivity index (χ0) is 23.6. The van der Waals surface area contributed by atoms with Crippen molar-refractivity contribution in [3.8, 4) is 11.5 Å². The van der Waals surface area contributed by atoms with Crippen molar-refractivity contribution in [1.29, 1.82) is 0 Å². The number of nitrogens with one attached hydrogen (secondary N) is 1. The summed E-state index contributed by atoms with van der Waals surface area (Å²) < 4.78 is 11.1. The second-order valence-electron chi connectivity index (χ2n) is 7.63. The van der Waals surface area contributed by atoms with E-state index in [0.29, 0.717) is 27.5 Å². The van der Waals surface area contributed by atoms with Gasteiger partial charge in [-0.3, -0.25) is 14.9 Å². The lowest BCUT2D eigenvalue weighted by Crippen LogP contribution is -2.45. The van der Waals surface area contributed by atoms with Gasteiger partial charge in [-0.25, -0.2) is 0 Å². The monoisotopic (exact) mass is 455 g/mol. The van der Waals surface area contributed by atoms with E-state index in [-0.39, 0.29) is 29.1 Å². The molecule has 8 nitrogen and oxygen atoms in total. The largest absolute Gasteiger partial charge is 0.493 e. The minimum absolute atomic E-state index is 0.0448. The Bertz CT molecular complexity index is 1100. The molecule has 1 heterocycles. The molecule has 0 saturated heterocycles. The van der Waals surface area contributed by atoms with Crippen LogP contribution >= 0.6 is 12.2 Å². The third-order valence-corrected chi connectivity index (χ3v) is 5.59. The predicted molar refractivity (Wildman–Crippen MR) is 125 cm³/mol. The number of methoxy groups -OCH3 is 1. The van der Waals surface area contributed by atoms with Crippen LogP contribution in [0.2, 0.25) is 0 Å². The first-order valence-corrected chi connectivity index (χ1v) is 10.4. The molecular weight excluding hydrogens is 430 g/mol. The summed E-state index contributed by atoms with van der Waals surface area (Å²) in [5.41, 5.74) is 1.84. The van der Waals surface area contributed by atoms with Gasteiger partial charge in [0.25, 0.3) is 0 Å². The summed E-state index contributed by atoms with van der Waals surface area (Å²) >= 11 is 5.45. The van der Waals surface area contributed by atoms with Crippen molar-refractivity contribution in [3.05, 3.63) is 75.0 Å². The van der Waals surface area contributed by atoms with Crippen LogP contribution in [0.25, 0.3) is 0 Å². The predicted octanol–water partition coefficient (Wildman–Crippen LogP) is 4.41. The van der Waals surface area contributed by atoms with Crippen LogP contribution in [-0.4, -0.2) is 41.0 Å². The van der Waals surface area contributed by atoms with Gasteiger partial charge in [0.2, 0.25) is 5.75 Å². The molecule has 1 unspecified atom stereocenters. The van der Waals surface area contributed by atoms with Crippen LogP contribution in [0.5, 0.6) is 11.5 Å². The lowest BCUT2D eigenvalue weighted by molar-refractivity contribution is -0.386. The summed E-state index contributed by atoms with van der Waals surface area (Å²) in [5, 5.41) is 15.4. The normalized spacial score (nSPS) is 16.1. The molecule has 1 N–H and O–H groups in total. The molecule has 0 amide bonds. The molecule has 168 valence electrons. The Kier molecular flexibility index (Phi) is 6.78. The summed E-state index contributed by atoms with van der Waals surface area (Å²) in [6, 6.07) is 11.2. The summed E-state index contributed by atoms with van der Waals surface area (Å²) in [4.78, 5) is 26.5. The van der Waals surface area contributed by atoms with Crippen LogP contribution in [0.1, 0.15) is 42.7 Å².